The van der Waals surface area contributed by atoms with E-state index in [-0.39, 0.29) is 5.41 Å². The lowest BCUT2D eigenvalue weighted by Gasteiger charge is -2.22. The Kier molecular flexibility index (Phi) is 8.24. The second-order valence-corrected chi connectivity index (χ2v) is 3.97. The van der Waals surface area contributed by atoms with E-state index >= 15 is 0 Å². The summed E-state index contributed by atoms with van der Waals surface area (Å²) in [7, 11) is 1.70. The maximum atomic E-state index is 5.82. The quantitative estimate of drug-likeness (QED) is 0.338. The zero-order chi connectivity index (χ0) is 10.9. The van der Waals surface area contributed by atoms with Gasteiger partial charge in [0.2, 0.25) is 0 Å². The lowest BCUT2D eigenvalue weighted by Crippen LogP contribution is -2.18. The molecule has 0 spiro atoms. The fraction of sp³-hybridized carbons (Fsp3) is 0.818. The molecule has 14 heavy (non-hydrogen) atoms. The Bertz CT molecular complexity index is 150. The molecule has 0 saturated carbocycles. The van der Waals surface area contributed by atoms with Crippen LogP contribution in [0.25, 0.3) is 0 Å². The minimum atomic E-state index is 0.00279. The van der Waals surface area contributed by atoms with Crippen LogP contribution < -0.4 is 0 Å². The predicted octanol–water partition coefficient (Wildman–Crippen LogP) is 2.86. The Balaban J connectivity index is 3.38. The van der Waals surface area contributed by atoms with Crippen LogP contribution in [0.1, 0.15) is 19.8 Å². The van der Waals surface area contributed by atoms with Crippen molar-refractivity contribution in [3.05, 3.63) is 12.7 Å². The average Bonchev–Trinajstić information content (AvgIpc) is 2.23. The van der Waals surface area contributed by atoms with Crippen LogP contribution in [-0.4, -0.2) is 32.8 Å². The number of alkyl halides is 1. The zero-order valence-corrected chi connectivity index (χ0v) is 9.98. The van der Waals surface area contributed by atoms with Crippen LogP contribution in [0.3, 0.4) is 0 Å². The van der Waals surface area contributed by atoms with Crippen LogP contribution in [0.15, 0.2) is 12.7 Å². The number of rotatable bonds is 9. The van der Waals surface area contributed by atoms with Gasteiger partial charge < -0.3 is 9.47 Å². The van der Waals surface area contributed by atoms with E-state index in [1.165, 1.54) is 0 Å². The number of methoxy groups -OCH3 is 1. The molecule has 0 aromatic heterocycles. The van der Waals surface area contributed by atoms with Crippen molar-refractivity contribution in [2.24, 2.45) is 5.41 Å². The highest BCUT2D eigenvalue weighted by Crippen LogP contribution is 2.24. The van der Waals surface area contributed by atoms with Gasteiger partial charge in [-0.15, -0.1) is 18.2 Å². The van der Waals surface area contributed by atoms with Gasteiger partial charge in [0.1, 0.15) is 0 Å². The summed E-state index contributed by atoms with van der Waals surface area (Å²) in [4.78, 5) is 0. The molecule has 0 heterocycles. The summed E-state index contributed by atoms with van der Waals surface area (Å²) in [5.41, 5.74) is 0.00279. The fourth-order valence-electron chi connectivity index (χ4n) is 0.936. The van der Waals surface area contributed by atoms with E-state index < -0.39 is 0 Å². The van der Waals surface area contributed by atoms with Crippen LogP contribution in [-0.2, 0) is 9.47 Å². The van der Waals surface area contributed by atoms with Crippen molar-refractivity contribution in [2.75, 3.05) is 32.8 Å². The topological polar surface area (TPSA) is 18.5 Å². The smallest absolute Gasteiger partial charge is 0.0487 e. The van der Waals surface area contributed by atoms with Gasteiger partial charge in [-0.25, -0.2) is 0 Å². The Morgan fingerprint density at radius 1 is 1.36 bits per heavy atom. The van der Waals surface area contributed by atoms with Gasteiger partial charge >= 0.3 is 0 Å². The Morgan fingerprint density at radius 3 is 2.57 bits per heavy atom. The number of hydrogen-bond acceptors (Lipinski definition) is 2. The van der Waals surface area contributed by atoms with E-state index in [0.717, 1.165) is 32.7 Å². The molecule has 1 atom stereocenters. The summed E-state index contributed by atoms with van der Waals surface area (Å²) in [6.45, 7) is 8.11. The maximum absolute atomic E-state index is 5.82. The molecule has 2 nitrogen and oxygen atoms in total. The highest BCUT2D eigenvalue weighted by atomic mass is 35.5. The normalized spacial score (nSPS) is 15.1. The number of allylic oxidation sites excluding steroid dienone is 1. The van der Waals surface area contributed by atoms with Crippen LogP contribution in [0.2, 0.25) is 0 Å². The Morgan fingerprint density at radius 2 is 2.07 bits per heavy atom. The molecule has 0 amide bonds. The fourth-order valence-corrected chi connectivity index (χ4v) is 1.18. The van der Waals surface area contributed by atoms with E-state index in [2.05, 4.69) is 13.5 Å². The van der Waals surface area contributed by atoms with Gasteiger partial charge in [-0.3, -0.25) is 0 Å². The second-order valence-electron chi connectivity index (χ2n) is 3.70. The van der Waals surface area contributed by atoms with Crippen molar-refractivity contribution < 1.29 is 9.47 Å². The van der Waals surface area contributed by atoms with E-state index in [4.69, 9.17) is 21.1 Å². The molecule has 0 aromatic rings. The average molecular weight is 221 g/mol. The molecule has 0 rings (SSSR count). The van der Waals surface area contributed by atoms with Gasteiger partial charge in [0.05, 0.1) is 0 Å². The monoisotopic (exact) mass is 220 g/mol. The molecule has 0 radical (unpaired) electrons. The number of halogens is 1. The third-order valence-corrected chi connectivity index (χ3v) is 2.86. The third-order valence-electron chi connectivity index (χ3n) is 2.25. The maximum Gasteiger partial charge on any atom is 0.0487 e. The summed E-state index contributed by atoms with van der Waals surface area (Å²) in [6.07, 6.45) is 3.77. The first-order valence-corrected chi connectivity index (χ1v) is 5.48. The SMILES string of the molecule is C=CC(C)(CCl)CCOCCCOC. The number of ether oxygens (including phenoxy) is 2. The molecule has 0 aromatic carbocycles. The van der Waals surface area contributed by atoms with E-state index in [1.807, 2.05) is 6.08 Å². The molecule has 0 aliphatic heterocycles. The van der Waals surface area contributed by atoms with Gasteiger partial charge in [0.15, 0.2) is 0 Å². The van der Waals surface area contributed by atoms with Crippen molar-refractivity contribution in [3.63, 3.8) is 0 Å². The highest BCUT2D eigenvalue weighted by Gasteiger charge is 2.17. The van der Waals surface area contributed by atoms with Crippen LogP contribution >= 0.6 is 11.6 Å². The molecule has 3 heteroatoms. The summed E-state index contributed by atoms with van der Waals surface area (Å²) in [5.74, 6) is 0.595. The lowest BCUT2D eigenvalue weighted by atomic mass is 9.90. The highest BCUT2D eigenvalue weighted by molar-refractivity contribution is 6.18. The first-order chi connectivity index (χ1) is 6.68. The van der Waals surface area contributed by atoms with Gasteiger partial charge in [0.25, 0.3) is 0 Å². The predicted molar refractivity (Wildman–Crippen MR) is 61.0 cm³/mol. The van der Waals surface area contributed by atoms with Crippen molar-refractivity contribution in [3.8, 4) is 0 Å². The Labute approximate surface area is 92.2 Å². The van der Waals surface area contributed by atoms with Crippen molar-refractivity contribution >= 4 is 11.6 Å². The van der Waals surface area contributed by atoms with Crippen molar-refractivity contribution in [1.29, 1.82) is 0 Å². The van der Waals surface area contributed by atoms with Crippen LogP contribution in [0, 0.1) is 5.41 Å². The lowest BCUT2D eigenvalue weighted by molar-refractivity contribution is 0.0901. The van der Waals surface area contributed by atoms with E-state index in [1.54, 1.807) is 7.11 Å². The third kappa shape index (κ3) is 6.41. The molecular weight excluding hydrogens is 200 g/mol. The van der Waals surface area contributed by atoms with Gasteiger partial charge in [-0.1, -0.05) is 13.0 Å². The molecule has 0 N–H and O–H groups in total. The second kappa shape index (κ2) is 8.27. The zero-order valence-electron chi connectivity index (χ0n) is 9.22. The first-order valence-electron chi connectivity index (χ1n) is 4.95. The first kappa shape index (κ1) is 13.9. The standard InChI is InChI=1S/C11H21ClO2/c1-4-11(2,10-12)6-9-14-8-5-7-13-3/h4H,1,5-10H2,2-3H3. The molecule has 0 saturated heterocycles. The summed E-state index contributed by atoms with van der Waals surface area (Å²) >= 11 is 5.82. The van der Waals surface area contributed by atoms with E-state index in [0.29, 0.717) is 5.88 Å². The molecular formula is C11H21ClO2. The molecule has 0 fully saturated rings. The molecule has 0 aliphatic carbocycles. The van der Waals surface area contributed by atoms with Gasteiger partial charge in [-0.2, -0.15) is 0 Å². The largest absolute Gasteiger partial charge is 0.385 e. The minimum Gasteiger partial charge on any atom is -0.385 e. The molecule has 84 valence electrons. The summed E-state index contributed by atoms with van der Waals surface area (Å²) < 4.78 is 10.4. The van der Waals surface area contributed by atoms with Gasteiger partial charge in [0, 0.05) is 38.2 Å². The van der Waals surface area contributed by atoms with Crippen molar-refractivity contribution in [2.45, 2.75) is 19.8 Å². The molecule has 0 bridgehead atoms. The van der Waals surface area contributed by atoms with Crippen LogP contribution in [0.5, 0.6) is 0 Å². The molecule has 0 aliphatic rings. The van der Waals surface area contributed by atoms with Crippen LogP contribution in [0.4, 0.5) is 0 Å². The number of hydrogen-bond donors (Lipinski definition) is 0. The summed E-state index contributed by atoms with van der Waals surface area (Å²) in [6, 6.07) is 0. The van der Waals surface area contributed by atoms with Crippen molar-refractivity contribution in [1.82, 2.24) is 0 Å². The summed E-state index contributed by atoms with van der Waals surface area (Å²) in [5, 5.41) is 0. The molecule has 1 unspecified atom stereocenters. The van der Waals surface area contributed by atoms with E-state index in [9.17, 15) is 0 Å². The Hall–Kier alpha value is -0.0500. The van der Waals surface area contributed by atoms with Gasteiger partial charge in [-0.05, 0) is 12.8 Å². The minimum absolute atomic E-state index is 0.00279.